The largest absolute Gasteiger partial charge is 0.423 e. The van der Waals surface area contributed by atoms with Crippen molar-refractivity contribution in [3.63, 3.8) is 0 Å². The molecule has 3 fully saturated rings. The first-order chi connectivity index (χ1) is 10.9. The van der Waals surface area contributed by atoms with Crippen molar-refractivity contribution < 1.29 is 4.42 Å². The predicted octanol–water partition coefficient (Wildman–Crippen LogP) is 3.27. The smallest absolute Gasteiger partial charge is 0.298 e. The fraction of sp³-hybridized carbons (Fsp3) is 0.389. The molecule has 1 aromatic heterocycles. The molecule has 2 aromatic carbocycles. The lowest BCUT2D eigenvalue weighted by molar-refractivity contribution is 0.249. The van der Waals surface area contributed by atoms with Crippen LogP contribution in [0, 0.1) is 0 Å². The molecule has 112 valence electrons. The number of aromatic nitrogens is 1. The van der Waals surface area contributed by atoms with Gasteiger partial charge in [0, 0.05) is 37.6 Å². The summed E-state index contributed by atoms with van der Waals surface area (Å²) in [5.74, 6) is 0. The van der Waals surface area contributed by atoms with E-state index in [-0.39, 0.29) is 0 Å². The lowest BCUT2D eigenvalue weighted by Gasteiger charge is -2.30. The molecule has 3 aromatic rings. The number of anilines is 1. The third-order valence-corrected chi connectivity index (χ3v) is 5.17. The van der Waals surface area contributed by atoms with Gasteiger partial charge in [-0.05, 0) is 24.3 Å². The summed E-state index contributed by atoms with van der Waals surface area (Å²) in [5, 5.41) is 2.40. The molecule has 0 amide bonds. The van der Waals surface area contributed by atoms with Gasteiger partial charge < -0.3 is 14.2 Å². The van der Waals surface area contributed by atoms with E-state index in [9.17, 15) is 0 Å². The maximum Gasteiger partial charge on any atom is 0.298 e. The molecule has 3 saturated heterocycles. The van der Waals surface area contributed by atoms with E-state index in [4.69, 9.17) is 9.40 Å². The number of hydrogen-bond acceptors (Lipinski definition) is 4. The second kappa shape index (κ2) is 4.71. The van der Waals surface area contributed by atoms with Gasteiger partial charge in [-0.15, -0.1) is 0 Å². The standard InChI is InChI=1S/C18H19N3O/c1-2-4-15-13(3-1)5-6-16-17(15)19-18(22-16)21-12-11-20-9-7-14(21)8-10-20/h1-6,14H,7-12H2. The zero-order chi connectivity index (χ0) is 14.5. The average Bonchev–Trinajstić information content (AvgIpc) is 2.78. The molecule has 0 spiro atoms. The highest BCUT2D eigenvalue weighted by atomic mass is 16.4. The summed E-state index contributed by atoms with van der Waals surface area (Å²) in [6, 6.07) is 13.9. The van der Waals surface area contributed by atoms with Crippen LogP contribution in [0.25, 0.3) is 21.9 Å². The monoisotopic (exact) mass is 293 g/mol. The van der Waals surface area contributed by atoms with Gasteiger partial charge >= 0.3 is 0 Å². The van der Waals surface area contributed by atoms with Crippen LogP contribution in [0.4, 0.5) is 6.01 Å². The van der Waals surface area contributed by atoms with E-state index in [2.05, 4.69) is 40.1 Å². The Morgan fingerprint density at radius 2 is 1.82 bits per heavy atom. The fourth-order valence-electron chi connectivity index (χ4n) is 3.91. The van der Waals surface area contributed by atoms with Crippen LogP contribution in [0.5, 0.6) is 0 Å². The number of benzene rings is 2. The Bertz CT molecular complexity index is 833. The number of nitrogens with zero attached hydrogens (tertiary/aromatic N) is 3. The second-order valence-corrected chi connectivity index (χ2v) is 6.40. The quantitative estimate of drug-likeness (QED) is 0.689. The normalized spacial score (nSPS) is 25.0. The van der Waals surface area contributed by atoms with Gasteiger partial charge in [-0.25, -0.2) is 0 Å². The molecule has 2 bridgehead atoms. The molecular formula is C18H19N3O. The molecule has 4 heterocycles. The van der Waals surface area contributed by atoms with Crippen molar-refractivity contribution in [1.82, 2.24) is 9.88 Å². The van der Waals surface area contributed by atoms with Gasteiger partial charge in [0.25, 0.3) is 6.01 Å². The molecule has 4 nitrogen and oxygen atoms in total. The Hall–Kier alpha value is -2.07. The van der Waals surface area contributed by atoms with Crippen LogP contribution in [0.1, 0.15) is 12.8 Å². The summed E-state index contributed by atoms with van der Waals surface area (Å²) >= 11 is 0. The first-order valence-electron chi connectivity index (χ1n) is 8.16. The van der Waals surface area contributed by atoms with Gasteiger partial charge in [0.1, 0.15) is 5.52 Å². The van der Waals surface area contributed by atoms with Gasteiger partial charge in [-0.2, -0.15) is 4.98 Å². The van der Waals surface area contributed by atoms with Crippen molar-refractivity contribution in [1.29, 1.82) is 0 Å². The Kier molecular flexibility index (Phi) is 2.67. The first-order valence-corrected chi connectivity index (χ1v) is 8.16. The van der Waals surface area contributed by atoms with Gasteiger partial charge in [-0.3, -0.25) is 0 Å². The molecule has 0 radical (unpaired) electrons. The van der Waals surface area contributed by atoms with E-state index in [0.717, 1.165) is 30.2 Å². The minimum atomic E-state index is 0.582. The van der Waals surface area contributed by atoms with Crippen molar-refractivity contribution in [3.05, 3.63) is 36.4 Å². The lowest BCUT2D eigenvalue weighted by Crippen LogP contribution is -2.38. The van der Waals surface area contributed by atoms with Crippen LogP contribution in [-0.4, -0.2) is 42.1 Å². The summed E-state index contributed by atoms with van der Waals surface area (Å²) in [7, 11) is 0. The molecule has 4 heteroatoms. The van der Waals surface area contributed by atoms with E-state index in [1.807, 2.05) is 6.07 Å². The lowest BCUT2D eigenvalue weighted by atomic mass is 10.1. The summed E-state index contributed by atoms with van der Waals surface area (Å²) in [4.78, 5) is 9.80. The van der Waals surface area contributed by atoms with E-state index >= 15 is 0 Å². The van der Waals surface area contributed by atoms with Crippen molar-refractivity contribution in [2.45, 2.75) is 18.9 Å². The van der Waals surface area contributed by atoms with Crippen molar-refractivity contribution >= 4 is 27.9 Å². The topological polar surface area (TPSA) is 32.5 Å². The van der Waals surface area contributed by atoms with E-state index in [0.29, 0.717) is 6.04 Å². The minimum Gasteiger partial charge on any atom is -0.423 e. The van der Waals surface area contributed by atoms with E-state index in [1.54, 1.807) is 0 Å². The van der Waals surface area contributed by atoms with Crippen LogP contribution in [0.2, 0.25) is 0 Å². The molecule has 3 aliphatic heterocycles. The summed E-state index contributed by atoms with van der Waals surface area (Å²) in [5.41, 5.74) is 1.89. The van der Waals surface area contributed by atoms with Gasteiger partial charge in [-0.1, -0.05) is 30.3 Å². The molecule has 0 N–H and O–H groups in total. The number of rotatable bonds is 1. The minimum absolute atomic E-state index is 0.582. The Labute approximate surface area is 129 Å². The Morgan fingerprint density at radius 1 is 0.955 bits per heavy atom. The Morgan fingerprint density at radius 3 is 2.73 bits per heavy atom. The van der Waals surface area contributed by atoms with Crippen LogP contribution in [0.15, 0.2) is 40.8 Å². The summed E-state index contributed by atoms with van der Waals surface area (Å²) in [6.07, 6.45) is 2.44. The van der Waals surface area contributed by atoms with Crippen LogP contribution < -0.4 is 4.90 Å². The average molecular weight is 293 g/mol. The predicted molar refractivity (Wildman–Crippen MR) is 88.3 cm³/mol. The highest BCUT2D eigenvalue weighted by Gasteiger charge is 2.31. The maximum atomic E-state index is 6.12. The van der Waals surface area contributed by atoms with Crippen LogP contribution in [0.3, 0.4) is 0 Å². The van der Waals surface area contributed by atoms with Crippen molar-refractivity contribution in [2.24, 2.45) is 0 Å². The highest BCUT2D eigenvalue weighted by molar-refractivity contribution is 6.03. The number of fused-ring (bicyclic) bond motifs is 7. The highest BCUT2D eigenvalue weighted by Crippen LogP contribution is 2.32. The first kappa shape index (κ1) is 12.5. The zero-order valence-corrected chi connectivity index (χ0v) is 12.5. The Balaban J connectivity index is 1.64. The zero-order valence-electron chi connectivity index (χ0n) is 12.5. The second-order valence-electron chi connectivity index (χ2n) is 6.40. The maximum absolute atomic E-state index is 6.12. The molecule has 0 unspecified atom stereocenters. The number of hydrogen-bond donors (Lipinski definition) is 0. The van der Waals surface area contributed by atoms with Gasteiger partial charge in [0.2, 0.25) is 0 Å². The third-order valence-electron chi connectivity index (χ3n) is 5.17. The molecule has 0 atom stereocenters. The van der Waals surface area contributed by atoms with E-state index in [1.165, 1.54) is 36.7 Å². The molecule has 0 saturated carbocycles. The molecule has 22 heavy (non-hydrogen) atoms. The number of oxazole rings is 1. The van der Waals surface area contributed by atoms with Crippen molar-refractivity contribution in [2.75, 3.05) is 31.1 Å². The molecule has 0 aliphatic carbocycles. The van der Waals surface area contributed by atoms with Crippen LogP contribution >= 0.6 is 0 Å². The fourth-order valence-corrected chi connectivity index (χ4v) is 3.91. The van der Waals surface area contributed by atoms with Gasteiger partial charge in [0.05, 0.1) is 0 Å². The van der Waals surface area contributed by atoms with Crippen molar-refractivity contribution in [3.8, 4) is 0 Å². The molecular weight excluding hydrogens is 274 g/mol. The van der Waals surface area contributed by atoms with Crippen LogP contribution in [-0.2, 0) is 0 Å². The summed E-state index contributed by atoms with van der Waals surface area (Å²) < 4.78 is 6.12. The SMILES string of the molecule is c1ccc2c(c1)ccc1oc(N3CCN4CCC3CC4)nc12. The summed E-state index contributed by atoms with van der Waals surface area (Å²) in [6.45, 7) is 4.57. The third kappa shape index (κ3) is 1.83. The van der Waals surface area contributed by atoms with Gasteiger partial charge in [0.15, 0.2) is 5.58 Å². The number of piperidine rings is 1. The molecule has 6 rings (SSSR count). The molecule has 3 aliphatic rings. The van der Waals surface area contributed by atoms with E-state index < -0.39 is 0 Å².